The summed E-state index contributed by atoms with van der Waals surface area (Å²) in [6, 6.07) is 0. The predicted molar refractivity (Wildman–Crippen MR) is 60.5 cm³/mol. The van der Waals surface area contributed by atoms with Gasteiger partial charge in [0.15, 0.2) is 0 Å². The molecule has 0 saturated heterocycles. The zero-order valence-electron chi connectivity index (χ0n) is 9.50. The van der Waals surface area contributed by atoms with Crippen LogP contribution < -0.4 is 5.73 Å². The Morgan fingerprint density at radius 2 is 1.93 bits per heavy atom. The number of carbonyl (C=O) groups is 1. The van der Waals surface area contributed by atoms with Crippen LogP contribution in [0.2, 0.25) is 0 Å². The van der Waals surface area contributed by atoms with Crippen LogP contribution in [0.1, 0.15) is 40.5 Å². The number of hydrogen-bond donors (Lipinski definition) is 1. The number of ether oxygens (including phenoxy) is 1. The Labute approximate surface area is 92.8 Å². The molecule has 4 heteroatoms. The summed E-state index contributed by atoms with van der Waals surface area (Å²) in [5.74, 6) is 0.334. The number of nitrogens with two attached hydrogens (primary N) is 1. The zero-order valence-corrected chi connectivity index (χ0v) is 10.3. The molecular weight excluding hydrogens is 202 g/mol. The first-order valence-corrected chi connectivity index (χ1v) is 4.80. The van der Waals surface area contributed by atoms with E-state index >= 15 is 0 Å². The van der Waals surface area contributed by atoms with Crippen LogP contribution in [0, 0.1) is 5.92 Å². The summed E-state index contributed by atoms with van der Waals surface area (Å²) in [6.45, 7) is 8.08. The van der Waals surface area contributed by atoms with Crippen LogP contribution >= 0.6 is 12.4 Å². The minimum absolute atomic E-state index is 0. The zero-order chi connectivity index (χ0) is 10.5. The van der Waals surface area contributed by atoms with E-state index in [9.17, 15) is 4.79 Å². The van der Waals surface area contributed by atoms with E-state index in [0.29, 0.717) is 12.5 Å². The molecule has 3 nitrogen and oxygen atoms in total. The Hall–Kier alpha value is -0.280. The number of esters is 1. The molecule has 0 aromatic heterocycles. The summed E-state index contributed by atoms with van der Waals surface area (Å²) >= 11 is 0. The van der Waals surface area contributed by atoms with E-state index < -0.39 is 5.54 Å². The van der Waals surface area contributed by atoms with Gasteiger partial charge in [0.2, 0.25) is 0 Å². The number of carbonyl (C=O) groups excluding carboxylic acids is 1. The van der Waals surface area contributed by atoms with Crippen molar-refractivity contribution in [2.45, 2.75) is 46.1 Å². The average Bonchev–Trinajstić information content (AvgIpc) is 1.95. The van der Waals surface area contributed by atoms with Crippen molar-refractivity contribution in [1.82, 2.24) is 0 Å². The fourth-order valence-electron chi connectivity index (χ4n) is 0.842. The third kappa shape index (κ3) is 8.32. The molecule has 0 saturated carbocycles. The predicted octanol–water partition coefficient (Wildman–Crippen LogP) is 2.12. The SMILES string of the molecule is CC(C)CCCOC(=O)C(C)(C)N.Cl. The lowest BCUT2D eigenvalue weighted by molar-refractivity contribution is -0.149. The van der Waals surface area contributed by atoms with Crippen LogP contribution in [-0.4, -0.2) is 18.1 Å². The van der Waals surface area contributed by atoms with Gasteiger partial charge in [0.25, 0.3) is 0 Å². The van der Waals surface area contributed by atoms with Gasteiger partial charge in [0, 0.05) is 0 Å². The Morgan fingerprint density at radius 1 is 1.43 bits per heavy atom. The van der Waals surface area contributed by atoms with E-state index in [0.717, 1.165) is 12.8 Å². The third-order valence-electron chi connectivity index (χ3n) is 1.69. The number of halogens is 1. The highest BCUT2D eigenvalue weighted by molar-refractivity contribution is 5.85. The Kier molecular flexibility index (Phi) is 8.16. The summed E-state index contributed by atoms with van der Waals surface area (Å²) in [5, 5.41) is 0. The molecular formula is C10H22ClNO2. The molecule has 0 rings (SSSR count). The fraction of sp³-hybridized carbons (Fsp3) is 0.900. The number of rotatable bonds is 5. The van der Waals surface area contributed by atoms with Crippen molar-refractivity contribution in [2.24, 2.45) is 11.7 Å². The van der Waals surface area contributed by atoms with Crippen LogP contribution in [0.4, 0.5) is 0 Å². The topological polar surface area (TPSA) is 52.3 Å². The first-order valence-electron chi connectivity index (χ1n) is 4.80. The van der Waals surface area contributed by atoms with Crippen LogP contribution in [0.5, 0.6) is 0 Å². The second-order valence-corrected chi connectivity index (χ2v) is 4.39. The van der Waals surface area contributed by atoms with Crippen LogP contribution in [-0.2, 0) is 9.53 Å². The first kappa shape index (κ1) is 16.2. The van der Waals surface area contributed by atoms with Crippen molar-refractivity contribution in [3.05, 3.63) is 0 Å². The minimum Gasteiger partial charge on any atom is -0.464 e. The smallest absolute Gasteiger partial charge is 0.325 e. The average molecular weight is 224 g/mol. The minimum atomic E-state index is -0.863. The first-order chi connectivity index (χ1) is 5.84. The molecule has 0 aromatic rings. The fourth-order valence-corrected chi connectivity index (χ4v) is 0.842. The molecule has 0 bridgehead atoms. The van der Waals surface area contributed by atoms with Crippen molar-refractivity contribution < 1.29 is 9.53 Å². The van der Waals surface area contributed by atoms with Crippen molar-refractivity contribution >= 4 is 18.4 Å². The highest BCUT2D eigenvalue weighted by Gasteiger charge is 2.23. The Morgan fingerprint density at radius 3 is 2.29 bits per heavy atom. The third-order valence-corrected chi connectivity index (χ3v) is 1.69. The van der Waals surface area contributed by atoms with Gasteiger partial charge in [-0.25, -0.2) is 0 Å². The molecule has 14 heavy (non-hydrogen) atoms. The van der Waals surface area contributed by atoms with E-state index in [4.69, 9.17) is 10.5 Å². The molecule has 0 aromatic carbocycles. The molecule has 0 aliphatic heterocycles. The number of hydrogen-bond acceptors (Lipinski definition) is 3. The molecule has 2 N–H and O–H groups in total. The maximum absolute atomic E-state index is 11.2. The quantitative estimate of drug-likeness (QED) is 0.574. The van der Waals surface area contributed by atoms with Gasteiger partial charge in [0.1, 0.15) is 5.54 Å². The van der Waals surface area contributed by atoms with Gasteiger partial charge in [-0.15, -0.1) is 12.4 Å². The summed E-state index contributed by atoms with van der Waals surface area (Å²) in [6.07, 6.45) is 2.00. The highest BCUT2D eigenvalue weighted by Crippen LogP contribution is 2.05. The molecule has 0 unspecified atom stereocenters. The second kappa shape index (κ2) is 7.07. The van der Waals surface area contributed by atoms with Crippen molar-refractivity contribution in [3.8, 4) is 0 Å². The lowest BCUT2D eigenvalue weighted by Gasteiger charge is -2.16. The van der Waals surface area contributed by atoms with Gasteiger partial charge < -0.3 is 10.5 Å². The molecule has 86 valence electrons. The molecule has 0 radical (unpaired) electrons. The summed E-state index contributed by atoms with van der Waals surface area (Å²) in [5.41, 5.74) is 4.68. The van der Waals surface area contributed by atoms with Gasteiger partial charge in [-0.3, -0.25) is 4.79 Å². The lowest BCUT2D eigenvalue weighted by Crippen LogP contribution is -2.42. The maximum Gasteiger partial charge on any atom is 0.325 e. The monoisotopic (exact) mass is 223 g/mol. The highest BCUT2D eigenvalue weighted by atomic mass is 35.5. The van der Waals surface area contributed by atoms with Crippen molar-refractivity contribution in [2.75, 3.05) is 6.61 Å². The molecule has 0 atom stereocenters. The van der Waals surface area contributed by atoms with E-state index in [1.807, 2.05) is 0 Å². The van der Waals surface area contributed by atoms with Gasteiger partial charge in [-0.05, 0) is 32.6 Å². The molecule has 0 aliphatic rings. The van der Waals surface area contributed by atoms with E-state index in [1.54, 1.807) is 13.8 Å². The largest absolute Gasteiger partial charge is 0.464 e. The summed E-state index contributed by atoms with van der Waals surface area (Å²) < 4.78 is 4.99. The van der Waals surface area contributed by atoms with Gasteiger partial charge in [-0.2, -0.15) is 0 Å². The normalized spacial score (nSPS) is 11.0. The van der Waals surface area contributed by atoms with E-state index in [1.165, 1.54) is 0 Å². The lowest BCUT2D eigenvalue weighted by atomic mass is 10.1. The molecule has 0 spiro atoms. The van der Waals surface area contributed by atoms with Crippen LogP contribution in [0.25, 0.3) is 0 Å². The van der Waals surface area contributed by atoms with Gasteiger partial charge in [0.05, 0.1) is 6.61 Å². The standard InChI is InChI=1S/C10H21NO2.ClH/c1-8(2)6-5-7-13-9(12)10(3,4)11;/h8H,5-7,11H2,1-4H3;1H. The molecule has 0 fully saturated rings. The Balaban J connectivity index is 0. The van der Waals surface area contributed by atoms with Crippen molar-refractivity contribution in [1.29, 1.82) is 0 Å². The molecule has 0 heterocycles. The van der Waals surface area contributed by atoms with Gasteiger partial charge >= 0.3 is 5.97 Å². The van der Waals surface area contributed by atoms with Gasteiger partial charge in [-0.1, -0.05) is 13.8 Å². The molecule has 0 aliphatic carbocycles. The van der Waals surface area contributed by atoms with E-state index in [2.05, 4.69) is 13.8 Å². The van der Waals surface area contributed by atoms with Crippen molar-refractivity contribution in [3.63, 3.8) is 0 Å². The van der Waals surface area contributed by atoms with Crippen LogP contribution in [0.3, 0.4) is 0 Å². The Bertz CT molecular complexity index is 164. The molecule has 0 amide bonds. The summed E-state index contributed by atoms with van der Waals surface area (Å²) in [4.78, 5) is 11.2. The summed E-state index contributed by atoms with van der Waals surface area (Å²) in [7, 11) is 0. The second-order valence-electron chi connectivity index (χ2n) is 4.39. The maximum atomic E-state index is 11.2. The van der Waals surface area contributed by atoms with Crippen LogP contribution in [0.15, 0.2) is 0 Å². The van der Waals surface area contributed by atoms with E-state index in [-0.39, 0.29) is 18.4 Å².